The number of nitrogens with two attached hydrogens (primary N) is 1. The van der Waals surface area contributed by atoms with Crippen molar-refractivity contribution in [2.24, 2.45) is 11.7 Å². The molecule has 0 aliphatic heterocycles. The molecule has 106 valence electrons. The lowest BCUT2D eigenvalue weighted by Crippen LogP contribution is -2.44. The van der Waals surface area contributed by atoms with Gasteiger partial charge in [0.05, 0.1) is 6.61 Å². The van der Waals surface area contributed by atoms with Crippen LogP contribution in [0.3, 0.4) is 0 Å². The van der Waals surface area contributed by atoms with Crippen molar-refractivity contribution in [2.75, 3.05) is 20.3 Å². The summed E-state index contributed by atoms with van der Waals surface area (Å²) in [5.74, 6) is 0.876. The molecule has 4 nitrogen and oxygen atoms in total. The van der Waals surface area contributed by atoms with Gasteiger partial charge in [0, 0.05) is 32.2 Å². The zero-order valence-electron chi connectivity index (χ0n) is 12.0. The van der Waals surface area contributed by atoms with Gasteiger partial charge in [0.25, 0.3) is 0 Å². The Morgan fingerprint density at radius 2 is 2.17 bits per heavy atom. The summed E-state index contributed by atoms with van der Waals surface area (Å²) in [4.78, 5) is 14.3. The van der Waals surface area contributed by atoms with Crippen molar-refractivity contribution in [3.05, 3.63) is 0 Å². The highest BCUT2D eigenvalue weighted by Crippen LogP contribution is 2.35. The third kappa shape index (κ3) is 4.94. The minimum atomic E-state index is -0.000974. The summed E-state index contributed by atoms with van der Waals surface area (Å²) in [6.45, 7) is 5.54. The van der Waals surface area contributed by atoms with Crippen molar-refractivity contribution >= 4 is 5.91 Å². The van der Waals surface area contributed by atoms with Gasteiger partial charge in [0.15, 0.2) is 0 Å². The minimum absolute atomic E-state index is 0.000974. The molecule has 2 N–H and O–H groups in total. The summed E-state index contributed by atoms with van der Waals surface area (Å²) >= 11 is 0. The second kappa shape index (κ2) is 7.74. The van der Waals surface area contributed by atoms with Crippen LogP contribution < -0.4 is 5.73 Å². The van der Waals surface area contributed by atoms with Crippen molar-refractivity contribution < 1.29 is 9.53 Å². The molecule has 0 aromatic carbocycles. The third-order valence-electron chi connectivity index (χ3n) is 3.75. The van der Waals surface area contributed by atoms with Crippen LogP contribution in [0.2, 0.25) is 0 Å². The lowest BCUT2D eigenvalue weighted by molar-refractivity contribution is -0.134. The molecule has 4 heteroatoms. The monoisotopic (exact) mass is 256 g/mol. The van der Waals surface area contributed by atoms with E-state index in [0.29, 0.717) is 31.5 Å². The molecule has 1 amide bonds. The van der Waals surface area contributed by atoms with E-state index in [9.17, 15) is 4.79 Å². The van der Waals surface area contributed by atoms with Gasteiger partial charge in [-0.2, -0.15) is 0 Å². The molecule has 1 fully saturated rings. The maximum absolute atomic E-state index is 12.3. The van der Waals surface area contributed by atoms with Crippen molar-refractivity contribution in [3.63, 3.8) is 0 Å². The fraction of sp³-hybridized carbons (Fsp3) is 0.929. The van der Waals surface area contributed by atoms with Gasteiger partial charge in [-0.1, -0.05) is 13.3 Å². The van der Waals surface area contributed by atoms with E-state index in [0.717, 1.165) is 12.8 Å². The van der Waals surface area contributed by atoms with E-state index >= 15 is 0 Å². The van der Waals surface area contributed by atoms with Crippen LogP contribution in [-0.2, 0) is 9.53 Å². The first kappa shape index (κ1) is 15.4. The molecule has 1 aliphatic rings. The first-order chi connectivity index (χ1) is 8.60. The van der Waals surface area contributed by atoms with Crippen LogP contribution >= 0.6 is 0 Å². The van der Waals surface area contributed by atoms with Gasteiger partial charge in [0.2, 0.25) is 5.91 Å². The Kier molecular flexibility index (Phi) is 6.65. The van der Waals surface area contributed by atoms with Gasteiger partial charge in [-0.05, 0) is 32.1 Å². The van der Waals surface area contributed by atoms with Crippen molar-refractivity contribution in [3.8, 4) is 0 Å². The van der Waals surface area contributed by atoms with Crippen LogP contribution in [0.25, 0.3) is 0 Å². The normalized spacial score (nSPS) is 18.4. The number of carbonyl (C=O) groups excluding carboxylic acids is 1. The second-order valence-electron chi connectivity index (χ2n) is 5.41. The van der Waals surface area contributed by atoms with Gasteiger partial charge >= 0.3 is 0 Å². The minimum Gasteiger partial charge on any atom is -0.383 e. The standard InChI is InChI=1S/C14H28N2O2/c1-4-5-13(15)10-14(17)16(8-9-18-3)11(2)12-6-7-12/h11-13H,4-10,15H2,1-3H3. The lowest BCUT2D eigenvalue weighted by Gasteiger charge is -2.30. The fourth-order valence-corrected chi connectivity index (χ4v) is 2.39. The number of methoxy groups -OCH3 is 1. The Labute approximate surface area is 111 Å². The molecule has 0 aromatic rings. The van der Waals surface area contributed by atoms with Gasteiger partial charge < -0.3 is 15.4 Å². The van der Waals surface area contributed by atoms with Crippen LogP contribution in [0.1, 0.15) is 46.0 Å². The first-order valence-electron chi connectivity index (χ1n) is 7.14. The van der Waals surface area contributed by atoms with Crippen LogP contribution in [0, 0.1) is 5.92 Å². The molecule has 1 rings (SSSR count). The summed E-state index contributed by atoms with van der Waals surface area (Å²) in [6, 6.07) is 0.334. The van der Waals surface area contributed by atoms with E-state index in [4.69, 9.17) is 10.5 Å². The molecule has 0 aromatic heterocycles. The Bertz CT molecular complexity index is 254. The number of hydrogen-bond donors (Lipinski definition) is 1. The molecule has 0 radical (unpaired) electrons. The molecular weight excluding hydrogens is 228 g/mol. The van der Waals surface area contributed by atoms with Gasteiger partial charge in [-0.15, -0.1) is 0 Å². The number of amides is 1. The van der Waals surface area contributed by atoms with Crippen molar-refractivity contribution in [1.29, 1.82) is 0 Å². The van der Waals surface area contributed by atoms with E-state index in [1.165, 1.54) is 12.8 Å². The maximum atomic E-state index is 12.3. The Hall–Kier alpha value is -0.610. The van der Waals surface area contributed by atoms with Gasteiger partial charge in [-0.3, -0.25) is 4.79 Å². The highest BCUT2D eigenvalue weighted by Gasteiger charge is 2.34. The van der Waals surface area contributed by atoms with Crippen molar-refractivity contribution in [1.82, 2.24) is 4.90 Å². The summed E-state index contributed by atoms with van der Waals surface area (Å²) < 4.78 is 5.10. The number of hydrogen-bond acceptors (Lipinski definition) is 3. The molecule has 18 heavy (non-hydrogen) atoms. The highest BCUT2D eigenvalue weighted by molar-refractivity contribution is 5.77. The summed E-state index contributed by atoms with van der Waals surface area (Å²) in [6.07, 6.45) is 4.92. The molecule has 1 saturated carbocycles. The summed E-state index contributed by atoms with van der Waals surface area (Å²) in [5, 5.41) is 0. The predicted molar refractivity (Wildman–Crippen MR) is 73.3 cm³/mol. The SMILES string of the molecule is CCCC(N)CC(=O)N(CCOC)C(C)C1CC1. The van der Waals surface area contributed by atoms with Crippen LogP contribution in [0.5, 0.6) is 0 Å². The smallest absolute Gasteiger partial charge is 0.224 e. The highest BCUT2D eigenvalue weighted by atomic mass is 16.5. The van der Waals surface area contributed by atoms with Gasteiger partial charge in [0.1, 0.15) is 0 Å². The molecule has 1 aliphatic carbocycles. The van der Waals surface area contributed by atoms with Crippen molar-refractivity contribution in [2.45, 2.75) is 58.0 Å². The summed E-state index contributed by atoms with van der Waals surface area (Å²) in [5.41, 5.74) is 5.96. The maximum Gasteiger partial charge on any atom is 0.224 e. The lowest BCUT2D eigenvalue weighted by atomic mass is 10.1. The summed E-state index contributed by atoms with van der Waals surface area (Å²) in [7, 11) is 1.67. The third-order valence-corrected chi connectivity index (χ3v) is 3.75. The average molecular weight is 256 g/mol. The first-order valence-corrected chi connectivity index (χ1v) is 7.14. The van der Waals surface area contributed by atoms with E-state index in [1.54, 1.807) is 7.11 Å². The van der Waals surface area contributed by atoms with E-state index < -0.39 is 0 Å². The molecule has 0 saturated heterocycles. The second-order valence-corrected chi connectivity index (χ2v) is 5.41. The number of ether oxygens (including phenoxy) is 1. The van der Waals surface area contributed by atoms with E-state index in [2.05, 4.69) is 13.8 Å². The Morgan fingerprint density at radius 3 is 2.67 bits per heavy atom. The molecule has 2 unspecified atom stereocenters. The molecule has 0 bridgehead atoms. The molecular formula is C14H28N2O2. The van der Waals surface area contributed by atoms with Gasteiger partial charge in [-0.25, -0.2) is 0 Å². The topological polar surface area (TPSA) is 55.6 Å². The number of nitrogens with zero attached hydrogens (tertiary/aromatic N) is 1. The Morgan fingerprint density at radius 1 is 1.50 bits per heavy atom. The molecule has 0 heterocycles. The van der Waals surface area contributed by atoms with Crippen LogP contribution in [0.15, 0.2) is 0 Å². The number of carbonyl (C=O) groups is 1. The van der Waals surface area contributed by atoms with Crippen LogP contribution in [-0.4, -0.2) is 43.2 Å². The molecule has 0 spiro atoms. The zero-order chi connectivity index (χ0) is 13.5. The fourth-order valence-electron chi connectivity index (χ4n) is 2.39. The largest absolute Gasteiger partial charge is 0.383 e. The van der Waals surface area contributed by atoms with Crippen LogP contribution in [0.4, 0.5) is 0 Å². The quantitative estimate of drug-likeness (QED) is 0.684. The van der Waals surface area contributed by atoms with E-state index in [1.807, 2.05) is 4.90 Å². The average Bonchev–Trinajstić information content (AvgIpc) is 3.13. The Balaban J connectivity index is 2.48. The predicted octanol–water partition coefficient (Wildman–Crippen LogP) is 1.78. The number of rotatable bonds is 9. The zero-order valence-corrected chi connectivity index (χ0v) is 12.0. The molecule has 2 atom stereocenters. The van der Waals surface area contributed by atoms with E-state index in [-0.39, 0.29) is 11.9 Å².